The van der Waals surface area contributed by atoms with Gasteiger partial charge in [-0.1, -0.05) is 13.0 Å². The van der Waals surface area contributed by atoms with Crippen LogP contribution in [0, 0.1) is 0 Å². The number of anilines is 1. The lowest BCUT2D eigenvalue weighted by atomic mass is 10.1. The number of carbonyl (C=O) groups is 1. The van der Waals surface area contributed by atoms with Crippen LogP contribution >= 0.6 is 0 Å². The number of urea groups is 1. The summed E-state index contributed by atoms with van der Waals surface area (Å²) < 4.78 is 1.47. The maximum absolute atomic E-state index is 12.8. The van der Waals surface area contributed by atoms with E-state index in [-0.39, 0.29) is 11.6 Å². The predicted molar refractivity (Wildman–Crippen MR) is 111 cm³/mol. The molecular weight excluding hydrogens is 370 g/mol. The molecule has 0 aliphatic carbocycles. The van der Waals surface area contributed by atoms with Gasteiger partial charge in [0.1, 0.15) is 5.52 Å². The topological polar surface area (TPSA) is 120 Å². The third kappa shape index (κ3) is 3.49. The average molecular weight is 391 g/mol. The normalized spacial score (nSPS) is 11.0. The summed E-state index contributed by atoms with van der Waals surface area (Å²) in [6.07, 6.45) is 5.78. The molecule has 0 atom stereocenters. The quantitative estimate of drug-likeness (QED) is 0.418. The number of rotatable bonds is 5. The monoisotopic (exact) mass is 391 g/mol. The number of benzene rings is 1. The predicted octanol–water partition coefficient (Wildman–Crippen LogP) is 2.81. The van der Waals surface area contributed by atoms with Crippen molar-refractivity contribution in [3.8, 4) is 16.8 Å². The number of hydrogen-bond acceptors (Lipinski definition) is 4. The summed E-state index contributed by atoms with van der Waals surface area (Å²) in [5.41, 5.74) is 4.17. The number of aromatic amines is 2. The highest BCUT2D eigenvalue weighted by molar-refractivity contribution is 5.94. The van der Waals surface area contributed by atoms with Crippen molar-refractivity contribution in [1.29, 1.82) is 0 Å². The van der Waals surface area contributed by atoms with E-state index in [0.717, 1.165) is 11.1 Å². The Bertz CT molecular complexity index is 1220. The maximum atomic E-state index is 12.8. The van der Waals surface area contributed by atoms with E-state index in [1.165, 1.54) is 4.68 Å². The second kappa shape index (κ2) is 7.63. The first kappa shape index (κ1) is 18.5. The van der Waals surface area contributed by atoms with Gasteiger partial charge in [0.05, 0.1) is 11.2 Å². The van der Waals surface area contributed by atoms with Gasteiger partial charge < -0.3 is 10.3 Å². The summed E-state index contributed by atoms with van der Waals surface area (Å²) in [6.45, 7) is 4.26. The standard InChI is InChI=1S/C20H21N7O2/c1-3-12-11-23-27(18(12)28)16-9-14(13-6-5-7-21-10-13)8-15-17(16)25-19(24-15)26-20(29)22-4-2/h5-11,23H,3-4H2,1-2H3,(H3,22,24,25,26,29). The fourth-order valence-corrected chi connectivity index (χ4v) is 3.18. The molecule has 9 heteroatoms. The van der Waals surface area contributed by atoms with Crippen LogP contribution in [0.25, 0.3) is 27.8 Å². The molecule has 1 aromatic carbocycles. The lowest BCUT2D eigenvalue weighted by Crippen LogP contribution is -2.28. The molecule has 4 aromatic rings. The summed E-state index contributed by atoms with van der Waals surface area (Å²) in [7, 11) is 0. The molecule has 0 radical (unpaired) electrons. The molecule has 0 unspecified atom stereocenters. The Morgan fingerprint density at radius 3 is 2.79 bits per heavy atom. The van der Waals surface area contributed by atoms with Crippen LogP contribution < -0.4 is 16.2 Å². The summed E-state index contributed by atoms with van der Waals surface area (Å²) in [5, 5.41) is 8.35. The van der Waals surface area contributed by atoms with Crippen molar-refractivity contribution in [2.24, 2.45) is 0 Å². The third-order valence-electron chi connectivity index (χ3n) is 4.60. The van der Waals surface area contributed by atoms with Gasteiger partial charge in [-0.25, -0.2) is 14.5 Å². The second-order valence-corrected chi connectivity index (χ2v) is 6.50. The minimum Gasteiger partial charge on any atom is -0.338 e. The Kier molecular flexibility index (Phi) is 4.86. The number of imidazole rings is 1. The van der Waals surface area contributed by atoms with Crippen molar-refractivity contribution in [2.75, 3.05) is 11.9 Å². The van der Waals surface area contributed by atoms with E-state index >= 15 is 0 Å². The molecule has 0 bridgehead atoms. The smallest absolute Gasteiger partial charge is 0.321 e. The largest absolute Gasteiger partial charge is 0.338 e. The number of aromatic nitrogens is 5. The molecule has 0 saturated heterocycles. The number of aryl methyl sites for hydroxylation is 1. The van der Waals surface area contributed by atoms with Gasteiger partial charge in [-0.05, 0) is 37.1 Å². The van der Waals surface area contributed by atoms with Crippen molar-refractivity contribution < 1.29 is 4.79 Å². The van der Waals surface area contributed by atoms with Crippen LogP contribution in [-0.2, 0) is 6.42 Å². The molecule has 3 heterocycles. The van der Waals surface area contributed by atoms with Gasteiger partial charge >= 0.3 is 6.03 Å². The third-order valence-corrected chi connectivity index (χ3v) is 4.60. The number of hydrogen-bond donors (Lipinski definition) is 4. The van der Waals surface area contributed by atoms with Crippen molar-refractivity contribution in [3.05, 3.63) is 58.8 Å². The Labute approximate surface area is 166 Å². The first-order valence-corrected chi connectivity index (χ1v) is 9.39. The zero-order valence-electron chi connectivity index (χ0n) is 16.1. The molecule has 9 nitrogen and oxygen atoms in total. The van der Waals surface area contributed by atoms with Crippen molar-refractivity contribution in [2.45, 2.75) is 20.3 Å². The molecule has 4 rings (SSSR count). The van der Waals surface area contributed by atoms with Crippen LogP contribution in [0.4, 0.5) is 10.7 Å². The van der Waals surface area contributed by atoms with Gasteiger partial charge in [0.15, 0.2) is 0 Å². The van der Waals surface area contributed by atoms with E-state index in [4.69, 9.17) is 0 Å². The Hall–Kier alpha value is -3.88. The molecular formula is C20H21N7O2. The lowest BCUT2D eigenvalue weighted by molar-refractivity contribution is 0.252. The second-order valence-electron chi connectivity index (χ2n) is 6.50. The number of nitrogens with zero attached hydrogens (tertiary/aromatic N) is 3. The number of carbonyl (C=O) groups excluding carboxylic acids is 1. The van der Waals surface area contributed by atoms with Gasteiger partial charge in [-0.2, -0.15) is 0 Å². The minimum atomic E-state index is -0.356. The molecule has 0 spiro atoms. The summed E-state index contributed by atoms with van der Waals surface area (Å²) in [4.78, 5) is 36.4. The zero-order valence-corrected chi connectivity index (χ0v) is 16.1. The molecule has 0 aliphatic heterocycles. The molecule has 0 aliphatic rings. The van der Waals surface area contributed by atoms with Crippen molar-refractivity contribution in [1.82, 2.24) is 30.0 Å². The Morgan fingerprint density at radius 1 is 1.24 bits per heavy atom. The van der Waals surface area contributed by atoms with Gasteiger partial charge in [0.25, 0.3) is 5.56 Å². The molecule has 0 fully saturated rings. The number of H-pyrrole nitrogens is 2. The Balaban J connectivity index is 1.90. The lowest BCUT2D eigenvalue weighted by Gasteiger charge is -2.07. The summed E-state index contributed by atoms with van der Waals surface area (Å²) in [6, 6.07) is 7.24. The molecule has 0 saturated carbocycles. The van der Waals surface area contributed by atoms with Gasteiger partial charge in [-0.15, -0.1) is 0 Å². The molecule has 148 valence electrons. The highest BCUT2D eigenvalue weighted by Gasteiger charge is 2.16. The molecule has 4 N–H and O–H groups in total. The van der Waals surface area contributed by atoms with Crippen LogP contribution in [0.3, 0.4) is 0 Å². The summed E-state index contributed by atoms with van der Waals surface area (Å²) in [5.74, 6) is 0.297. The van der Waals surface area contributed by atoms with Crippen molar-refractivity contribution >= 4 is 23.0 Å². The maximum Gasteiger partial charge on any atom is 0.321 e. The van der Waals surface area contributed by atoms with Crippen LogP contribution in [0.15, 0.2) is 47.7 Å². The van der Waals surface area contributed by atoms with Crippen molar-refractivity contribution in [3.63, 3.8) is 0 Å². The van der Waals surface area contributed by atoms with Gasteiger partial charge in [-0.3, -0.25) is 20.2 Å². The fourth-order valence-electron chi connectivity index (χ4n) is 3.18. The Morgan fingerprint density at radius 2 is 2.10 bits per heavy atom. The van der Waals surface area contributed by atoms with Gasteiger partial charge in [0.2, 0.25) is 5.95 Å². The van der Waals surface area contributed by atoms with E-state index in [1.54, 1.807) is 18.6 Å². The number of amides is 2. The van der Waals surface area contributed by atoms with Crippen LogP contribution in [0.5, 0.6) is 0 Å². The van der Waals surface area contributed by atoms with E-state index in [0.29, 0.717) is 41.2 Å². The number of nitrogens with one attached hydrogen (secondary N) is 4. The molecule has 29 heavy (non-hydrogen) atoms. The van der Waals surface area contributed by atoms with Crippen LogP contribution in [0.1, 0.15) is 19.4 Å². The summed E-state index contributed by atoms with van der Waals surface area (Å²) >= 11 is 0. The van der Waals surface area contributed by atoms with E-state index in [1.807, 2.05) is 38.1 Å². The first-order chi connectivity index (χ1) is 14.1. The number of pyridine rings is 1. The highest BCUT2D eigenvalue weighted by Crippen LogP contribution is 2.29. The van der Waals surface area contributed by atoms with Gasteiger partial charge in [0, 0.05) is 36.3 Å². The zero-order chi connectivity index (χ0) is 20.4. The van der Waals surface area contributed by atoms with E-state index in [9.17, 15) is 9.59 Å². The van der Waals surface area contributed by atoms with Crippen LogP contribution in [-0.4, -0.2) is 37.3 Å². The molecule has 2 amide bonds. The first-order valence-electron chi connectivity index (χ1n) is 9.39. The average Bonchev–Trinajstić information content (AvgIpc) is 3.30. The number of fused-ring (bicyclic) bond motifs is 1. The molecule has 3 aromatic heterocycles. The van der Waals surface area contributed by atoms with E-state index in [2.05, 4.69) is 30.7 Å². The highest BCUT2D eigenvalue weighted by atomic mass is 16.2. The fraction of sp³-hybridized carbons (Fsp3) is 0.200. The SMILES string of the molecule is CCNC(=O)Nc1nc2c(-n3[nH]cc(CC)c3=O)cc(-c3cccnc3)cc2[nH]1. The van der Waals surface area contributed by atoms with Crippen LogP contribution in [0.2, 0.25) is 0 Å². The minimum absolute atomic E-state index is 0.127. The van der Waals surface area contributed by atoms with E-state index < -0.39 is 0 Å².